The number of nitrogens with one attached hydrogen (secondary N) is 1. The average Bonchev–Trinajstić information content (AvgIpc) is 3.18. The molecule has 0 atom stereocenters. The van der Waals surface area contributed by atoms with Gasteiger partial charge in [-0.1, -0.05) is 65.3 Å². The minimum absolute atomic E-state index is 0.121. The van der Waals surface area contributed by atoms with Gasteiger partial charge in [0.15, 0.2) is 11.5 Å². The number of benzene rings is 2. The van der Waals surface area contributed by atoms with Gasteiger partial charge in [0.2, 0.25) is 5.91 Å². The lowest BCUT2D eigenvalue weighted by molar-refractivity contribution is -0.129. The first-order valence-electron chi connectivity index (χ1n) is 8.32. The molecule has 2 aromatic carbocycles. The first kappa shape index (κ1) is 18.7. The fraction of sp³-hybridized carbons (Fsp3) is 0.150. The second kappa shape index (κ2) is 8.51. The molecule has 138 valence electrons. The zero-order valence-electron chi connectivity index (χ0n) is 14.7. The van der Waals surface area contributed by atoms with Crippen LogP contribution in [0.3, 0.4) is 0 Å². The molecule has 2 amide bonds. The maximum atomic E-state index is 12.2. The van der Waals surface area contributed by atoms with Crippen LogP contribution < -0.4 is 5.32 Å². The molecule has 0 unspecified atom stereocenters. The summed E-state index contributed by atoms with van der Waals surface area (Å²) in [5.41, 5.74) is 1.78. The molecule has 7 heteroatoms. The van der Waals surface area contributed by atoms with Crippen molar-refractivity contribution in [2.45, 2.75) is 6.54 Å². The van der Waals surface area contributed by atoms with Gasteiger partial charge in [-0.05, 0) is 11.6 Å². The molecule has 1 aromatic heterocycles. The van der Waals surface area contributed by atoms with Crippen LogP contribution >= 0.6 is 11.6 Å². The fourth-order valence-electron chi connectivity index (χ4n) is 2.47. The summed E-state index contributed by atoms with van der Waals surface area (Å²) in [5, 5.41) is 6.92. The van der Waals surface area contributed by atoms with Crippen molar-refractivity contribution in [1.29, 1.82) is 0 Å². The summed E-state index contributed by atoms with van der Waals surface area (Å²) < 4.78 is 5.20. The van der Waals surface area contributed by atoms with E-state index in [1.54, 1.807) is 19.2 Å². The van der Waals surface area contributed by atoms with Gasteiger partial charge >= 0.3 is 0 Å². The number of halogens is 1. The van der Waals surface area contributed by atoms with E-state index < -0.39 is 5.91 Å². The summed E-state index contributed by atoms with van der Waals surface area (Å²) in [4.78, 5) is 25.9. The van der Waals surface area contributed by atoms with Crippen LogP contribution in [0.25, 0.3) is 11.3 Å². The number of carbonyl (C=O) groups is 2. The van der Waals surface area contributed by atoms with Crippen molar-refractivity contribution in [2.75, 3.05) is 13.6 Å². The second-order valence-electron chi connectivity index (χ2n) is 5.97. The van der Waals surface area contributed by atoms with E-state index in [4.69, 9.17) is 16.1 Å². The topological polar surface area (TPSA) is 75.4 Å². The van der Waals surface area contributed by atoms with E-state index in [0.717, 1.165) is 11.1 Å². The molecule has 3 rings (SSSR count). The Morgan fingerprint density at radius 3 is 2.56 bits per heavy atom. The van der Waals surface area contributed by atoms with Gasteiger partial charge in [-0.15, -0.1) is 0 Å². The van der Waals surface area contributed by atoms with Crippen LogP contribution in [0.2, 0.25) is 5.02 Å². The standard InChI is InChI=1S/C20H18ClN3O3/c1-24(13-15-9-5-6-10-16(15)21)19(25)12-22-20(26)17-11-18(27-23-17)14-7-3-2-4-8-14/h2-11H,12-13H2,1H3,(H,22,26). The Hall–Kier alpha value is -3.12. The Morgan fingerprint density at radius 2 is 1.81 bits per heavy atom. The molecule has 27 heavy (non-hydrogen) atoms. The minimum atomic E-state index is -0.472. The summed E-state index contributed by atoms with van der Waals surface area (Å²) in [6, 6.07) is 18.2. The number of carbonyl (C=O) groups excluding carboxylic acids is 2. The van der Waals surface area contributed by atoms with Gasteiger partial charge in [0.1, 0.15) is 0 Å². The molecule has 0 fully saturated rings. The average molecular weight is 384 g/mol. The van der Waals surface area contributed by atoms with Crippen molar-refractivity contribution in [3.8, 4) is 11.3 Å². The molecule has 0 saturated heterocycles. The van der Waals surface area contributed by atoms with Crippen LogP contribution in [0.5, 0.6) is 0 Å². The number of amides is 2. The van der Waals surface area contributed by atoms with Crippen LogP contribution in [-0.4, -0.2) is 35.5 Å². The number of hydrogen-bond acceptors (Lipinski definition) is 4. The lowest BCUT2D eigenvalue weighted by atomic mass is 10.1. The van der Waals surface area contributed by atoms with Gasteiger partial charge in [0.25, 0.3) is 5.91 Å². The van der Waals surface area contributed by atoms with Crippen molar-refractivity contribution in [2.24, 2.45) is 0 Å². The van der Waals surface area contributed by atoms with Crippen LogP contribution in [-0.2, 0) is 11.3 Å². The third-order valence-electron chi connectivity index (χ3n) is 3.99. The van der Waals surface area contributed by atoms with Crippen LogP contribution in [0.15, 0.2) is 65.2 Å². The molecule has 0 aliphatic heterocycles. The quantitative estimate of drug-likeness (QED) is 0.708. The lowest BCUT2D eigenvalue weighted by Crippen LogP contribution is -2.37. The number of rotatable bonds is 6. The molecule has 0 spiro atoms. The highest BCUT2D eigenvalue weighted by molar-refractivity contribution is 6.31. The third-order valence-corrected chi connectivity index (χ3v) is 4.36. The fourth-order valence-corrected chi connectivity index (χ4v) is 2.67. The molecule has 3 aromatic rings. The van der Waals surface area contributed by atoms with E-state index >= 15 is 0 Å². The molecule has 0 radical (unpaired) electrons. The third kappa shape index (κ3) is 4.74. The van der Waals surface area contributed by atoms with Crippen LogP contribution in [0.1, 0.15) is 16.1 Å². The number of likely N-dealkylation sites (N-methyl/N-ethyl adjacent to an activating group) is 1. The van der Waals surface area contributed by atoms with Crippen molar-refractivity contribution < 1.29 is 14.1 Å². The largest absolute Gasteiger partial charge is 0.355 e. The predicted octanol–water partition coefficient (Wildman–Crippen LogP) is 3.38. The Labute approximate surface area is 161 Å². The Kier molecular flexibility index (Phi) is 5.88. The molecule has 1 N–H and O–H groups in total. The predicted molar refractivity (Wildman–Crippen MR) is 102 cm³/mol. The molecule has 0 saturated carbocycles. The summed E-state index contributed by atoms with van der Waals surface area (Å²) >= 11 is 6.11. The van der Waals surface area contributed by atoms with Crippen LogP contribution in [0.4, 0.5) is 0 Å². The zero-order chi connectivity index (χ0) is 19.2. The Bertz CT molecular complexity index is 940. The zero-order valence-corrected chi connectivity index (χ0v) is 15.4. The Morgan fingerprint density at radius 1 is 1.11 bits per heavy atom. The summed E-state index contributed by atoms with van der Waals surface area (Å²) in [7, 11) is 1.65. The van der Waals surface area contributed by atoms with Crippen molar-refractivity contribution in [3.05, 3.63) is 76.9 Å². The van der Waals surface area contributed by atoms with Crippen molar-refractivity contribution in [1.82, 2.24) is 15.4 Å². The molecule has 6 nitrogen and oxygen atoms in total. The van der Waals surface area contributed by atoms with Gasteiger partial charge in [0, 0.05) is 30.2 Å². The maximum absolute atomic E-state index is 12.2. The lowest BCUT2D eigenvalue weighted by Gasteiger charge is -2.18. The minimum Gasteiger partial charge on any atom is -0.355 e. The van der Waals surface area contributed by atoms with E-state index in [9.17, 15) is 9.59 Å². The maximum Gasteiger partial charge on any atom is 0.273 e. The highest BCUT2D eigenvalue weighted by Gasteiger charge is 2.16. The van der Waals surface area contributed by atoms with Gasteiger partial charge < -0.3 is 14.7 Å². The van der Waals surface area contributed by atoms with E-state index in [1.807, 2.05) is 48.5 Å². The monoisotopic (exact) mass is 383 g/mol. The van der Waals surface area contributed by atoms with E-state index in [-0.39, 0.29) is 18.1 Å². The molecule has 0 aliphatic carbocycles. The van der Waals surface area contributed by atoms with Gasteiger partial charge in [0.05, 0.1) is 6.54 Å². The molecular weight excluding hydrogens is 366 g/mol. The van der Waals surface area contributed by atoms with Gasteiger partial charge in [-0.2, -0.15) is 0 Å². The molecule has 0 bridgehead atoms. The molecule has 0 aliphatic rings. The SMILES string of the molecule is CN(Cc1ccccc1Cl)C(=O)CNC(=O)c1cc(-c2ccccc2)on1. The highest BCUT2D eigenvalue weighted by atomic mass is 35.5. The Balaban J connectivity index is 1.55. The van der Waals surface area contributed by atoms with Crippen molar-refractivity contribution >= 4 is 23.4 Å². The van der Waals surface area contributed by atoms with Crippen LogP contribution in [0, 0.1) is 0 Å². The molecule has 1 heterocycles. The van der Waals surface area contributed by atoms with Crippen molar-refractivity contribution in [3.63, 3.8) is 0 Å². The number of nitrogens with zero attached hydrogens (tertiary/aromatic N) is 2. The number of aromatic nitrogens is 1. The summed E-state index contributed by atoms with van der Waals surface area (Å²) in [6.45, 7) is 0.212. The smallest absolute Gasteiger partial charge is 0.273 e. The molecular formula is C20H18ClN3O3. The van der Waals surface area contributed by atoms with E-state index in [0.29, 0.717) is 17.3 Å². The van der Waals surface area contributed by atoms with E-state index in [1.165, 1.54) is 4.90 Å². The van der Waals surface area contributed by atoms with Gasteiger partial charge in [-0.25, -0.2) is 0 Å². The first-order valence-corrected chi connectivity index (χ1v) is 8.70. The summed E-state index contributed by atoms with van der Waals surface area (Å²) in [5.74, 6) is -0.224. The van der Waals surface area contributed by atoms with E-state index in [2.05, 4.69) is 10.5 Å². The van der Waals surface area contributed by atoms with Gasteiger partial charge in [-0.3, -0.25) is 9.59 Å². The highest BCUT2D eigenvalue weighted by Crippen LogP contribution is 2.19. The summed E-state index contributed by atoms with van der Waals surface area (Å²) in [6.07, 6.45) is 0. The first-order chi connectivity index (χ1) is 13.0. The number of hydrogen-bond donors (Lipinski definition) is 1. The second-order valence-corrected chi connectivity index (χ2v) is 6.37. The normalized spacial score (nSPS) is 10.4.